The van der Waals surface area contributed by atoms with Crippen LogP contribution in [0.3, 0.4) is 0 Å². The molecule has 0 radical (unpaired) electrons. The first-order valence-corrected chi connectivity index (χ1v) is 8.42. The Hall–Kier alpha value is -2.88. The van der Waals surface area contributed by atoms with Crippen LogP contribution in [0.25, 0.3) is 0 Å². The molecular formula is C21H20O4. The summed E-state index contributed by atoms with van der Waals surface area (Å²) >= 11 is 0. The monoisotopic (exact) mass is 336 g/mol. The fourth-order valence-electron chi connectivity index (χ4n) is 3.07. The molecule has 1 N–H and O–H groups in total. The van der Waals surface area contributed by atoms with Crippen LogP contribution in [-0.2, 0) is 9.59 Å². The molecular weight excluding hydrogens is 316 g/mol. The van der Waals surface area contributed by atoms with Crippen LogP contribution in [0.1, 0.15) is 37.7 Å². The van der Waals surface area contributed by atoms with Crippen molar-refractivity contribution in [2.45, 2.75) is 32.1 Å². The molecule has 1 atom stereocenters. The van der Waals surface area contributed by atoms with Crippen molar-refractivity contribution >= 4 is 11.6 Å². The Morgan fingerprint density at radius 2 is 1.84 bits per heavy atom. The Morgan fingerprint density at radius 3 is 2.56 bits per heavy atom. The van der Waals surface area contributed by atoms with Crippen molar-refractivity contribution in [3.63, 3.8) is 0 Å². The van der Waals surface area contributed by atoms with Crippen molar-refractivity contribution in [2.75, 3.05) is 0 Å². The maximum Gasteiger partial charge on any atom is 0.177 e. The minimum Gasteiger partial charge on any atom is -0.511 e. The van der Waals surface area contributed by atoms with Crippen molar-refractivity contribution in [3.8, 4) is 11.5 Å². The summed E-state index contributed by atoms with van der Waals surface area (Å²) in [6.45, 7) is 1.69. The summed E-state index contributed by atoms with van der Waals surface area (Å²) in [6, 6.07) is 16.8. The van der Waals surface area contributed by atoms with Gasteiger partial charge in [0.25, 0.3) is 0 Å². The number of hydrogen-bond acceptors (Lipinski definition) is 4. The van der Waals surface area contributed by atoms with Gasteiger partial charge in [-0.25, -0.2) is 0 Å². The molecule has 25 heavy (non-hydrogen) atoms. The molecule has 0 saturated heterocycles. The van der Waals surface area contributed by atoms with Crippen LogP contribution in [-0.4, -0.2) is 16.7 Å². The second-order valence-electron chi connectivity index (χ2n) is 6.04. The Morgan fingerprint density at radius 1 is 1.12 bits per heavy atom. The molecule has 1 aliphatic rings. The molecule has 0 fully saturated rings. The molecule has 128 valence electrons. The zero-order valence-corrected chi connectivity index (χ0v) is 14.1. The van der Waals surface area contributed by atoms with E-state index in [9.17, 15) is 14.7 Å². The number of ether oxygens (including phenoxy) is 1. The van der Waals surface area contributed by atoms with Crippen LogP contribution in [0.4, 0.5) is 0 Å². The Balaban J connectivity index is 1.86. The van der Waals surface area contributed by atoms with Gasteiger partial charge < -0.3 is 9.84 Å². The third-order valence-electron chi connectivity index (χ3n) is 4.36. The van der Waals surface area contributed by atoms with Gasteiger partial charge in [-0.05, 0) is 36.2 Å². The van der Waals surface area contributed by atoms with Gasteiger partial charge in [-0.3, -0.25) is 9.59 Å². The average Bonchev–Trinajstić information content (AvgIpc) is 2.62. The van der Waals surface area contributed by atoms with Crippen molar-refractivity contribution in [1.29, 1.82) is 0 Å². The molecule has 0 aliphatic heterocycles. The zero-order chi connectivity index (χ0) is 17.8. The smallest absolute Gasteiger partial charge is 0.177 e. The van der Waals surface area contributed by atoms with Crippen LogP contribution in [0.2, 0.25) is 0 Å². The van der Waals surface area contributed by atoms with Crippen LogP contribution in [0, 0.1) is 0 Å². The maximum atomic E-state index is 12.7. The predicted octanol–water partition coefficient (Wildman–Crippen LogP) is 4.72. The minimum absolute atomic E-state index is 0.0341. The molecule has 3 rings (SSSR count). The first kappa shape index (κ1) is 17.0. The van der Waals surface area contributed by atoms with Gasteiger partial charge in [0.15, 0.2) is 11.6 Å². The van der Waals surface area contributed by atoms with Crippen LogP contribution < -0.4 is 4.74 Å². The lowest BCUT2D eigenvalue weighted by molar-refractivity contribution is -0.123. The predicted molar refractivity (Wildman–Crippen MR) is 94.9 cm³/mol. The van der Waals surface area contributed by atoms with E-state index in [1.54, 1.807) is 6.92 Å². The number of hydrogen-bond donors (Lipinski definition) is 1. The van der Waals surface area contributed by atoms with Crippen LogP contribution >= 0.6 is 0 Å². The normalized spacial score (nSPS) is 17.5. The van der Waals surface area contributed by atoms with E-state index < -0.39 is 5.92 Å². The largest absolute Gasteiger partial charge is 0.511 e. The van der Waals surface area contributed by atoms with E-state index in [-0.39, 0.29) is 29.3 Å². The summed E-state index contributed by atoms with van der Waals surface area (Å²) in [5, 5.41) is 9.97. The van der Waals surface area contributed by atoms with Gasteiger partial charge in [0, 0.05) is 18.8 Å². The third kappa shape index (κ3) is 3.63. The first-order valence-electron chi connectivity index (χ1n) is 8.42. The highest BCUT2D eigenvalue weighted by atomic mass is 16.5. The summed E-state index contributed by atoms with van der Waals surface area (Å²) in [5.74, 6) is 0.245. The second-order valence-corrected chi connectivity index (χ2v) is 6.04. The number of carbonyl (C=O) groups is 2. The molecule has 2 aromatic rings. The number of aliphatic hydroxyl groups excluding tert-OH is 1. The lowest BCUT2D eigenvalue weighted by Crippen LogP contribution is -2.26. The number of para-hydroxylation sites is 1. The number of Topliss-reactive ketones (excluding diaryl/α,β-unsaturated/α-hetero) is 2. The van der Waals surface area contributed by atoms with Gasteiger partial charge >= 0.3 is 0 Å². The molecule has 0 bridgehead atoms. The quantitative estimate of drug-likeness (QED) is 0.803. The van der Waals surface area contributed by atoms with E-state index in [4.69, 9.17) is 4.74 Å². The van der Waals surface area contributed by atoms with Crippen molar-refractivity contribution < 1.29 is 19.4 Å². The summed E-state index contributed by atoms with van der Waals surface area (Å²) < 4.78 is 5.82. The van der Waals surface area contributed by atoms with Gasteiger partial charge in [0.05, 0.1) is 5.57 Å². The van der Waals surface area contributed by atoms with Crippen molar-refractivity contribution in [2.24, 2.45) is 0 Å². The molecule has 0 spiro atoms. The number of allylic oxidation sites excluding steroid dienone is 2. The molecule has 4 heteroatoms. The van der Waals surface area contributed by atoms with Crippen LogP contribution in [0.5, 0.6) is 11.5 Å². The van der Waals surface area contributed by atoms with E-state index >= 15 is 0 Å². The SMILES string of the molecule is CCC(=O)C1=C(O)CCC(c2cccc(Oc3ccccc3)c2)C1=O. The third-order valence-corrected chi connectivity index (χ3v) is 4.36. The highest BCUT2D eigenvalue weighted by molar-refractivity contribution is 6.22. The number of ketones is 2. The Kier molecular flexibility index (Phi) is 4.98. The Bertz CT molecular complexity index is 821. The molecule has 1 aliphatic carbocycles. The topological polar surface area (TPSA) is 63.6 Å². The fourth-order valence-corrected chi connectivity index (χ4v) is 3.07. The summed E-state index contributed by atoms with van der Waals surface area (Å²) in [5.41, 5.74) is 0.764. The Labute approximate surface area is 146 Å². The van der Waals surface area contributed by atoms with E-state index in [2.05, 4.69) is 0 Å². The summed E-state index contributed by atoms with van der Waals surface area (Å²) in [7, 11) is 0. The molecule has 2 aromatic carbocycles. The maximum absolute atomic E-state index is 12.7. The minimum atomic E-state index is -0.430. The van der Waals surface area contributed by atoms with Gasteiger partial charge in [-0.15, -0.1) is 0 Å². The first-order chi connectivity index (χ1) is 12.1. The molecule has 0 aromatic heterocycles. The van der Waals surface area contributed by atoms with E-state index in [0.29, 0.717) is 24.3 Å². The number of aliphatic hydroxyl groups is 1. The van der Waals surface area contributed by atoms with E-state index in [1.165, 1.54) is 0 Å². The molecule has 0 amide bonds. The highest BCUT2D eigenvalue weighted by Gasteiger charge is 2.34. The second kappa shape index (κ2) is 7.34. The van der Waals surface area contributed by atoms with Gasteiger partial charge in [-0.2, -0.15) is 0 Å². The summed E-state index contributed by atoms with van der Waals surface area (Å²) in [6.07, 6.45) is 1.02. The standard InChI is InChI=1S/C21H20O4/c1-2-18(22)20-19(23)12-11-17(21(20)24)14-7-6-10-16(13-14)25-15-8-4-3-5-9-15/h3-10,13,17,23H,2,11-12H2,1H3. The lowest BCUT2D eigenvalue weighted by Gasteiger charge is -2.23. The average molecular weight is 336 g/mol. The van der Waals surface area contributed by atoms with E-state index in [0.717, 1.165) is 5.56 Å². The summed E-state index contributed by atoms with van der Waals surface area (Å²) in [4.78, 5) is 24.7. The molecule has 0 heterocycles. The highest BCUT2D eigenvalue weighted by Crippen LogP contribution is 2.35. The molecule has 4 nitrogen and oxygen atoms in total. The molecule has 1 unspecified atom stereocenters. The number of benzene rings is 2. The van der Waals surface area contributed by atoms with Gasteiger partial charge in [0.2, 0.25) is 0 Å². The fraction of sp³-hybridized carbons (Fsp3) is 0.238. The number of rotatable bonds is 5. The van der Waals surface area contributed by atoms with E-state index in [1.807, 2.05) is 54.6 Å². The number of carbonyl (C=O) groups excluding carboxylic acids is 2. The lowest BCUT2D eigenvalue weighted by atomic mass is 9.80. The van der Waals surface area contributed by atoms with Crippen molar-refractivity contribution in [1.82, 2.24) is 0 Å². The van der Waals surface area contributed by atoms with Gasteiger partial charge in [0.1, 0.15) is 17.3 Å². The van der Waals surface area contributed by atoms with Crippen molar-refractivity contribution in [3.05, 3.63) is 71.5 Å². The molecule has 0 saturated carbocycles. The van der Waals surface area contributed by atoms with Crippen LogP contribution in [0.15, 0.2) is 65.9 Å². The zero-order valence-electron chi connectivity index (χ0n) is 14.1. The van der Waals surface area contributed by atoms with Gasteiger partial charge in [-0.1, -0.05) is 37.3 Å².